The first kappa shape index (κ1) is 19.4. The van der Waals surface area contributed by atoms with Crippen molar-refractivity contribution in [3.05, 3.63) is 36.0 Å². The van der Waals surface area contributed by atoms with E-state index in [2.05, 4.69) is 15.5 Å². The molecule has 8 heteroatoms. The third kappa shape index (κ3) is 5.58. The molecule has 1 aromatic rings. The highest BCUT2D eigenvalue weighted by atomic mass is 16.2. The number of piperazine rings is 1. The summed E-state index contributed by atoms with van der Waals surface area (Å²) in [6, 6.07) is 8.95. The van der Waals surface area contributed by atoms with Crippen LogP contribution in [-0.4, -0.2) is 60.9 Å². The standard InChI is InChI=1S/C18H24N6O2/c1-14(25)22-17-4-2-16(3-5-17)21-13-15(12-20)18(26)24-10-8-23(7-6-19)9-11-24/h2-5,13,21H,6-11,19H2,1H3,(H,22,25)/b15-13-. The maximum absolute atomic E-state index is 12.5. The number of nitrogens with one attached hydrogen (secondary N) is 2. The van der Waals surface area contributed by atoms with Gasteiger partial charge in [0.05, 0.1) is 0 Å². The molecule has 1 aliphatic heterocycles. The van der Waals surface area contributed by atoms with Crippen LogP contribution in [-0.2, 0) is 9.59 Å². The van der Waals surface area contributed by atoms with Crippen molar-refractivity contribution in [3.63, 3.8) is 0 Å². The SMILES string of the molecule is CC(=O)Nc1ccc(N/C=C(/C#N)C(=O)N2CCN(CCN)CC2)cc1. The van der Waals surface area contributed by atoms with Crippen LogP contribution in [0.2, 0.25) is 0 Å². The summed E-state index contributed by atoms with van der Waals surface area (Å²) < 4.78 is 0. The molecule has 8 nitrogen and oxygen atoms in total. The lowest BCUT2D eigenvalue weighted by Gasteiger charge is -2.34. The first-order valence-electron chi connectivity index (χ1n) is 8.49. The van der Waals surface area contributed by atoms with Crippen LogP contribution in [0.25, 0.3) is 0 Å². The largest absolute Gasteiger partial charge is 0.360 e. The van der Waals surface area contributed by atoms with Crippen LogP contribution >= 0.6 is 0 Å². The van der Waals surface area contributed by atoms with Crippen molar-refractivity contribution in [1.82, 2.24) is 9.80 Å². The highest BCUT2D eigenvalue weighted by molar-refractivity contribution is 5.97. The summed E-state index contributed by atoms with van der Waals surface area (Å²) >= 11 is 0. The number of carbonyl (C=O) groups excluding carboxylic acids is 2. The lowest BCUT2D eigenvalue weighted by atomic mass is 10.2. The molecule has 1 saturated heterocycles. The smallest absolute Gasteiger partial charge is 0.266 e. The molecule has 0 spiro atoms. The number of amides is 2. The van der Waals surface area contributed by atoms with Gasteiger partial charge in [0, 0.05) is 63.8 Å². The summed E-state index contributed by atoms with van der Waals surface area (Å²) in [5.41, 5.74) is 7.00. The average molecular weight is 356 g/mol. The molecular weight excluding hydrogens is 332 g/mol. The Morgan fingerprint density at radius 1 is 1.19 bits per heavy atom. The van der Waals surface area contributed by atoms with Crippen molar-refractivity contribution >= 4 is 23.2 Å². The molecule has 0 atom stereocenters. The molecule has 1 aliphatic rings. The molecule has 1 fully saturated rings. The minimum atomic E-state index is -0.276. The van der Waals surface area contributed by atoms with Gasteiger partial charge in [0.2, 0.25) is 5.91 Å². The van der Waals surface area contributed by atoms with Crippen molar-refractivity contribution in [2.75, 3.05) is 49.9 Å². The van der Waals surface area contributed by atoms with Gasteiger partial charge in [0.25, 0.3) is 5.91 Å². The third-order valence-electron chi connectivity index (χ3n) is 4.04. The molecule has 4 N–H and O–H groups in total. The Bertz CT molecular complexity index is 699. The maximum atomic E-state index is 12.5. The van der Waals surface area contributed by atoms with Crippen LogP contribution in [0.15, 0.2) is 36.0 Å². The zero-order valence-electron chi connectivity index (χ0n) is 14.9. The van der Waals surface area contributed by atoms with Crippen LogP contribution in [0.3, 0.4) is 0 Å². The molecular formula is C18H24N6O2. The number of nitrogens with zero attached hydrogens (tertiary/aromatic N) is 3. The van der Waals surface area contributed by atoms with Crippen LogP contribution in [0.4, 0.5) is 11.4 Å². The van der Waals surface area contributed by atoms with Gasteiger partial charge in [-0.1, -0.05) is 0 Å². The van der Waals surface area contributed by atoms with E-state index in [9.17, 15) is 14.9 Å². The molecule has 1 aromatic carbocycles. The Hall–Kier alpha value is -2.89. The fourth-order valence-corrected chi connectivity index (χ4v) is 2.68. The molecule has 2 amide bonds. The number of rotatable bonds is 6. The second kappa shape index (κ2) is 9.56. The normalized spacial score (nSPS) is 15.3. The maximum Gasteiger partial charge on any atom is 0.266 e. The summed E-state index contributed by atoms with van der Waals surface area (Å²) in [5.74, 6) is -0.420. The Morgan fingerprint density at radius 2 is 1.81 bits per heavy atom. The van der Waals surface area contributed by atoms with Crippen molar-refractivity contribution in [3.8, 4) is 6.07 Å². The number of anilines is 2. The Labute approximate surface area is 153 Å². The van der Waals surface area contributed by atoms with Crippen molar-refractivity contribution in [2.45, 2.75) is 6.92 Å². The molecule has 2 rings (SSSR count). The number of hydrogen-bond acceptors (Lipinski definition) is 6. The van der Waals surface area contributed by atoms with Gasteiger partial charge in [-0.25, -0.2) is 0 Å². The van der Waals surface area contributed by atoms with Crippen LogP contribution in [0.1, 0.15) is 6.92 Å². The van der Waals surface area contributed by atoms with Crippen molar-refractivity contribution in [2.24, 2.45) is 5.73 Å². The number of nitrogens with two attached hydrogens (primary N) is 1. The van der Waals surface area contributed by atoms with E-state index in [0.29, 0.717) is 31.0 Å². The van der Waals surface area contributed by atoms with E-state index in [0.717, 1.165) is 19.6 Å². The second-order valence-corrected chi connectivity index (χ2v) is 6.00. The molecule has 0 aromatic heterocycles. The van der Waals surface area contributed by atoms with Crippen LogP contribution in [0.5, 0.6) is 0 Å². The highest BCUT2D eigenvalue weighted by Crippen LogP contribution is 2.14. The van der Waals surface area contributed by atoms with E-state index in [4.69, 9.17) is 5.73 Å². The molecule has 138 valence electrons. The summed E-state index contributed by atoms with van der Waals surface area (Å²) in [7, 11) is 0. The number of carbonyl (C=O) groups is 2. The van der Waals surface area contributed by atoms with E-state index in [-0.39, 0.29) is 17.4 Å². The summed E-state index contributed by atoms with van der Waals surface area (Å²) in [6.45, 7) is 5.56. The molecule has 26 heavy (non-hydrogen) atoms. The zero-order valence-corrected chi connectivity index (χ0v) is 14.9. The van der Waals surface area contributed by atoms with Gasteiger partial charge in [-0.3, -0.25) is 14.5 Å². The average Bonchev–Trinajstić information content (AvgIpc) is 2.64. The fraction of sp³-hybridized carbons (Fsp3) is 0.389. The number of nitriles is 1. The number of hydrogen-bond donors (Lipinski definition) is 3. The summed E-state index contributed by atoms with van der Waals surface area (Å²) in [4.78, 5) is 27.4. The van der Waals surface area contributed by atoms with Crippen molar-refractivity contribution < 1.29 is 9.59 Å². The first-order valence-corrected chi connectivity index (χ1v) is 8.49. The molecule has 0 unspecified atom stereocenters. The van der Waals surface area contributed by atoms with E-state index in [1.54, 1.807) is 29.2 Å². The first-order chi connectivity index (χ1) is 12.5. The molecule has 0 bridgehead atoms. The molecule has 0 radical (unpaired) electrons. The third-order valence-corrected chi connectivity index (χ3v) is 4.04. The van der Waals surface area contributed by atoms with Gasteiger partial charge in [-0.05, 0) is 24.3 Å². The van der Waals surface area contributed by atoms with Crippen molar-refractivity contribution in [1.29, 1.82) is 5.26 Å². The zero-order chi connectivity index (χ0) is 18.9. The lowest BCUT2D eigenvalue weighted by molar-refractivity contribution is -0.128. The van der Waals surface area contributed by atoms with E-state index in [1.165, 1.54) is 13.1 Å². The van der Waals surface area contributed by atoms with Crippen LogP contribution < -0.4 is 16.4 Å². The monoisotopic (exact) mass is 356 g/mol. The molecule has 0 saturated carbocycles. The minimum Gasteiger partial charge on any atom is -0.360 e. The van der Waals surface area contributed by atoms with Crippen LogP contribution in [0, 0.1) is 11.3 Å². The fourth-order valence-electron chi connectivity index (χ4n) is 2.68. The predicted octanol–water partition coefficient (Wildman–Crippen LogP) is 0.567. The van der Waals surface area contributed by atoms with E-state index >= 15 is 0 Å². The minimum absolute atomic E-state index is 0.0585. The van der Waals surface area contributed by atoms with Gasteiger partial charge in [-0.15, -0.1) is 0 Å². The second-order valence-electron chi connectivity index (χ2n) is 6.00. The number of benzene rings is 1. The molecule has 1 heterocycles. The van der Waals surface area contributed by atoms with E-state index < -0.39 is 0 Å². The Morgan fingerprint density at radius 3 is 2.35 bits per heavy atom. The predicted molar refractivity (Wildman–Crippen MR) is 100 cm³/mol. The Kier molecular flexibility index (Phi) is 7.14. The highest BCUT2D eigenvalue weighted by Gasteiger charge is 2.23. The summed E-state index contributed by atoms with van der Waals surface area (Å²) in [6.07, 6.45) is 1.42. The van der Waals surface area contributed by atoms with E-state index in [1.807, 2.05) is 6.07 Å². The Balaban J connectivity index is 1.94. The summed E-state index contributed by atoms with van der Waals surface area (Å²) in [5, 5.41) is 14.9. The van der Waals surface area contributed by atoms with Gasteiger partial charge in [0.1, 0.15) is 11.6 Å². The van der Waals surface area contributed by atoms with Gasteiger partial charge < -0.3 is 21.3 Å². The topological polar surface area (TPSA) is 114 Å². The van der Waals surface area contributed by atoms with Gasteiger partial charge in [-0.2, -0.15) is 5.26 Å². The quantitative estimate of drug-likeness (QED) is 0.507. The lowest BCUT2D eigenvalue weighted by Crippen LogP contribution is -2.50. The molecule has 0 aliphatic carbocycles. The van der Waals surface area contributed by atoms with Gasteiger partial charge in [0.15, 0.2) is 0 Å². The van der Waals surface area contributed by atoms with Gasteiger partial charge >= 0.3 is 0 Å².